The Morgan fingerprint density at radius 2 is 1.74 bits per heavy atom. The molecule has 31 heavy (non-hydrogen) atoms. The molecule has 11 heteroatoms. The van der Waals surface area contributed by atoms with E-state index < -0.39 is 28.6 Å². The van der Waals surface area contributed by atoms with E-state index in [1.165, 1.54) is 12.1 Å². The number of nitrogens with one attached hydrogen (secondary N) is 2. The molecule has 0 aromatic heterocycles. The normalized spacial score (nSPS) is 15.7. The fourth-order valence-electron chi connectivity index (χ4n) is 3.33. The van der Waals surface area contributed by atoms with Crippen LogP contribution in [0.15, 0.2) is 23.1 Å². The van der Waals surface area contributed by atoms with Crippen LogP contribution < -0.4 is 10.0 Å². The van der Waals surface area contributed by atoms with Crippen LogP contribution in [0.3, 0.4) is 0 Å². The zero-order valence-corrected chi connectivity index (χ0v) is 18.0. The van der Waals surface area contributed by atoms with Gasteiger partial charge in [-0.1, -0.05) is 19.3 Å². The van der Waals surface area contributed by atoms with Gasteiger partial charge in [0.05, 0.1) is 11.3 Å². The number of rotatable bonds is 12. The Hall–Kier alpha value is -1.85. The first-order valence-corrected chi connectivity index (χ1v) is 11.8. The summed E-state index contributed by atoms with van der Waals surface area (Å²) in [6.07, 6.45) is -1.21. The van der Waals surface area contributed by atoms with Crippen molar-refractivity contribution in [2.24, 2.45) is 0 Å². The van der Waals surface area contributed by atoms with E-state index in [1.807, 2.05) is 0 Å². The SMILES string of the molecule is O=C(O)c1ccc(NCCCCCCCC(F)(F)F)c(S(=O)(=O)NC2CCOCC2)c1. The van der Waals surface area contributed by atoms with E-state index in [2.05, 4.69) is 10.0 Å². The Bertz CT molecular complexity index is 825. The lowest BCUT2D eigenvalue weighted by Crippen LogP contribution is -2.39. The van der Waals surface area contributed by atoms with Crippen molar-refractivity contribution >= 4 is 21.7 Å². The highest BCUT2D eigenvalue weighted by Crippen LogP contribution is 2.25. The molecule has 0 radical (unpaired) electrons. The fraction of sp³-hybridized carbons (Fsp3) is 0.650. The number of benzene rings is 1. The third-order valence-electron chi connectivity index (χ3n) is 5.01. The van der Waals surface area contributed by atoms with Crippen molar-refractivity contribution in [3.8, 4) is 0 Å². The van der Waals surface area contributed by atoms with Gasteiger partial charge in [0.15, 0.2) is 0 Å². The Labute approximate surface area is 180 Å². The first-order valence-electron chi connectivity index (χ1n) is 10.4. The minimum absolute atomic E-state index is 0.105. The highest BCUT2D eigenvalue weighted by Gasteiger charge is 2.26. The molecule has 3 N–H and O–H groups in total. The Morgan fingerprint density at radius 1 is 1.10 bits per heavy atom. The molecule has 0 bridgehead atoms. The smallest absolute Gasteiger partial charge is 0.389 e. The second kappa shape index (κ2) is 11.7. The molecule has 1 heterocycles. The summed E-state index contributed by atoms with van der Waals surface area (Å²) in [5.74, 6) is -1.23. The number of alkyl halides is 3. The second-order valence-corrected chi connectivity index (χ2v) is 9.27. The minimum atomic E-state index is -4.12. The van der Waals surface area contributed by atoms with Crippen LogP contribution in [-0.2, 0) is 14.8 Å². The Morgan fingerprint density at radius 3 is 2.39 bits per heavy atom. The number of carboxylic acid groups (broad SMARTS) is 1. The molecule has 1 fully saturated rings. The van der Waals surface area contributed by atoms with Gasteiger partial charge in [0, 0.05) is 32.2 Å². The van der Waals surface area contributed by atoms with E-state index >= 15 is 0 Å². The van der Waals surface area contributed by atoms with Gasteiger partial charge in [-0.3, -0.25) is 0 Å². The summed E-state index contributed by atoms with van der Waals surface area (Å²) in [6.45, 7) is 1.33. The van der Waals surface area contributed by atoms with Crippen molar-refractivity contribution in [2.45, 2.75) is 68.5 Å². The summed E-state index contributed by atoms with van der Waals surface area (Å²) in [5, 5.41) is 12.3. The third kappa shape index (κ3) is 9.04. The number of aromatic carboxylic acids is 1. The number of sulfonamides is 1. The van der Waals surface area contributed by atoms with Gasteiger partial charge < -0.3 is 15.2 Å². The van der Waals surface area contributed by atoms with Crippen LogP contribution >= 0.6 is 0 Å². The molecule has 2 rings (SSSR count). The lowest BCUT2D eigenvalue weighted by molar-refractivity contribution is -0.135. The van der Waals surface area contributed by atoms with Crippen molar-refractivity contribution in [1.82, 2.24) is 4.72 Å². The lowest BCUT2D eigenvalue weighted by Gasteiger charge is -2.24. The number of anilines is 1. The number of carboxylic acids is 1. The van der Waals surface area contributed by atoms with Crippen LogP contribution in [0.25, 0.3) is 0 Å². The van der Waals surface area contributed by atoms with E-state index in [9.17, 15) is 31.5 Å². The number of carbonyl (C=O) groups is 1. The standard InChI is InChI=1S/C20H29F3N2O5S/c21-20(22,23)10-4-2-1-3-5-11-24-17-7-6-15(19(26)27)14-18(17)31(28,29)25-16-8-12-30-13-9-16/h6-7,14,16,24-25H,1-5,8-13H2,(H,26,27). The zero-order chi connectivity index (χ0) is 22.9. The van der Waals surface area contributed by atoms with Gasteiger partial charge in [-0.05, 0) is 43.9 Å². The van der Waals surface area contributed by atoms with Crippen molar-refractivity contribution < 1.29 is 36.2 Å². The van der Waals surface area contributed by atoms with Crippen molar-refractivity contribution in [3.05, 3.63) is 23.8 Å². The second-order valence-electron chi connectivity index (χ2n) is 7.58. The van der Waals surface area contributed by atoms with Crippen LogP contribution in [-0.4, -0.2) is 51.5 Å². The van der Waals surface area contributed by atoms with Gasteiger partial charge in [-0.2, -0.15) is 13.2 Å². The summed E-state index contributed by atoms with van der Waals surface area (Å²) in [5.41, 5.74) is 0.157. The molecule has 1 aliphatic rings. The maximum Gasteiger partial charge on any atom is 0.389 e. The summed E-state index contributed by atoms with van der Waals surface area (Å²) >= 11 is 0. The van der Waals surface area contributed by atoms with E-state index in [0.717, 1.165) is 6.07 Å². The average Bonchev–Trinajstić information content (AvgIpc) is 2.69. The largest absolute Gasteiger partial charge is 0.478 e. The maximum absolute atomic E-state index is 12.9. The highest BCUT2D eigenvalue weighted by atomic mass is 32.2. The van der Waals surface area contributed by atoms with Crippen LogP contribution in [0.5, 0.6) is 0 Å². The molecule has 0 spiro atoms. The molecule has 7 nitrogen and oxygen atoms in total. The van der Waals surface area contributed by atoms with Crippen LogP contribution in [0.4, 0.5) is 18.9 Å². The topological polar surface area (TPSA) is 105 Å². The molecule has 0 aliphatic carbocycles. The van der Waals surface area contributed by atoms with E-state index in [0.29, 0.717) is 64.0 Å². The lowest BCUT2D eigenvalue weighted by atomic mass is 10.1. The van der Waals surface area contributed by atoms with Gasteiger partial charge >= 0.3 is 12.1 Å². The zero-order valence-electron chi connectivity index (χ0n) is 17.2. The van der Waals surface area contributed by atoms with Gasteiger partial charge in [-0.15, -0.1) is 0 Å². The Kier molecular flexibility index (Phi) is 9.57. The molecule has 0 saturated carbocycles. The molecule has 0 unspecified atom stereocenters. The molecule has 0 atom stereocenters. The summed E-state index contributed by atoms with van der Waals surface area (Å²) in [4.78, 5) is 11.2. The van der Waals surface area contributed by atoms with Crippen LogP contribution in [0.1, 0.15) is 61.7 Å². The first-order chi connectivity index (χ1) is 14.6. The van der Waals surface area contributed by atoms with Crippen molar-refractivity contribution in [3.63, 3.8) is 0 Å². The van der Waals surface area contributed by atoms with Gasteiger partial charge in [0.2, 0.25) is 10.0 Å². The van der Waals surface area contributed by atoms with E-state index in [-0.39, 0.29) is 22.9 Å². The first kappa shape index (κ1) is 25.4. The number of unbranched alkanes of at least 4 members (excludes halogenated alkanes) is 4. The fourth-order valence-corrected chi connectivity index (χ4v) is 4.84. The van der Waals surface area contributed by atoms with Crippen molar-refractivity contribution in [1.29, 1.82) is 0 Å². The number of ether oxygens (including phenoxy) is 1. The molecule has 176 valence electrons. The average molecular weight is 467 g/mol. The number of hydrogen-bond donors (Lipinski definition) is 3. The molecule has 1 aliphatic heterocycles. The van der Waals surface area contributed by atoms with Gasteiger partial charge in [-0.25, -0.2) is 17.9 Å². The molecular weight excluding hydrogens is 437 g/mol. The summed E-state index contributed by atoms with van der Waals surface area (Å²) in [6, 6.07) is 3.60. The maximum atomic E-state index is 12.9. The minimum Gasteiger partial charge on any atom is -0.478 e. The molecule has 1 aromatic carbocycles. The van der Waals surface area contributed by atoms with E-state index in [1.54, 1.807) is 0 Å². The quantitative estimate of drug-likeness (QED) is 0.400. The number of hydrogen-bond acceptors (Lipinski definition) is 5. The Balaban J connectivity index is 1.94. The summed E-state index contributed by atoms with van der Waals surface area (Å²) < 4.78 is 70.0. The predicted octanol–water partition coefficient (Wildman–Crippen LogP) is 4.16. The summed E-state index contributed by atoms with van der Waals surface area (Å²) in [7, 11) is -3.95. The predicted molar refractivity (Wildman–Crippen MR) is 110 cm³/mol. The number of halogens is 3. The van der Waals surface area contributed by atoms with Crippen molar-refractivity contribution in [2.75, 3.05) is 25.1 Å². The van der Waals surface area contributed by atoms with Crippen LogP contribution in [0.2, 0.25) is 0 Å². The molecule has 1 saturated heterocycles. The highest BCUT2D eigenvalue weighted by molar-refractivity contribution is 7.89. The molecule has 0 amide bonds. The third-order valence-corrected chi connectivity index (χ3v) is 6.57. The van der Waals surface area contributed by atoms with E-state index in [4.69, 9.17) is 4.74 Å². The van der Waals surface area contributed by atoms with Crippen LogP contribution in [0, 0.1) is 0 Å². The molecular formula is C20H29F3N2O5S. The monoisotopic (exact) mass is 466 g/mol. The molecule has 1 aromatic rings. The van der Waals surface area contributed by atoms with Gasteiger partial charge in [0.1, 0.15) is 4.90 Å². The van der Waals surface area contributed by atoms with Gasteiger partial charge in [0.25, 0.3) is 0 Å².